The van der Waals surface area contributed by atoms with Crippen molar-refractivity contribution in [2.75, 3.05) is 6.54 Å². The Morgan fingerprint density at radius 1 is 0.791 bits per heavy atom. The van der Waals surface area contributed by atoms with Crippen LogP contribution in [-0.2, 0) is 26.0 Å². The molecule has 0 bridgehead atoms. The molecule has 4 aromatic carbocycles. The minimum absolute atomic E-state index is 0.200. The van der Waals surface area contributed by atoms with Crippen LogP contribution < -0.4 is 10.3 Å². The Morgan fingerprint density at radius 3 is 2.02 bits per heavy atom. The summed E-state index contributed by atoms with van der Waals surface area (Å²) in [6, 6.07) is 27.9. The molecule has 0 unspecified atom stereocenters. The molecule has 1 aliphatic rings. The number of aliphatic hydroxyl groups is 1. The number of fused-ring (bicyclic) bond motifs is 2. The van der Waals surface area contributed by atoms with Gasteiger partial charge in [0.1, 0.15) is 12.4 Å². The van der Waals surface area contributed by atoms with E-state index in [1.165, 1.54) is 45.0 Å². The molecule has 0 radical (unpaired) electrons. The highest BCUT2D eigenvalue weighted by atomic mass is 16.5. The highest BCUT2D eigenvalue weighted by Crippen LogP contribution is 2.37. The van der Waals surface area contributed by atoms with Crippen molar-refractivity contribution in [1.29, 1.82) is 0 Å². The van der Waals surface area contributed by atoms with Crippen LogP contribution in [0.4, 0.5) is 0 Å². The summed E-state index contributed by atoms with van der Waals surface area (Å²) >= 11 is 0. The minimum atomic E-state index is -0.755. The van der Waals surface area contributed by atoms with Gasteiger partial charge in [0.2, 0.25) is 5.56 Å². The molecule has 0 saturated heterocycles. The highest BCUT2D eigenvalue weighted by Gasteiger charge is 2.32. The van der Waals surface area contributed by atoms with E-state index in [9.17, 15) is 9.90 Å². The van der Waals surface area contributed by atoms with E-state index in [2.05, 4.69) is 61.8 Å². The molecule has 6 rings (SSSR count). The number of ether oxygens (including phenoxy) is 1. The van der Waals surface area contributed by atoms with E-state index < -0.39 is 6.10 Å². The number of nitrogens with zero attached hydrogens (tertiary/aromatic N) is 1. The molecule has 1 aliphatic carbocycles. The van der Waals surface area contributed by atoms with Crippen molar-refractivity contribution < 1.29 is 9.84 Å². The van der Waals surface area contributed by atoms with E-state index in [0.717, 1.165) is 35.9 Å². The predicted molar refractivity (Wildman–Crippen MR) is 174 cm³/mol. The van der Waals surface area contributed by atoms with E-state index in [0.29, 0.717) is 24.4 Å². The van der Waals surface area contributed by atoms with Crippen LogP contribution in [-0.4, -0.2) is 27.6 Å². The van der Waals surface area contributed by atoms with Gasteiger partial charge in [0.05, 0.1) is 11.6 Å². The molecule has 43 heavy (non-hydrogen) atoms. The molecule has 2 N–H and O–H groups in total. The topological polar surface area (TPSA) is 65.6 Å². The number of aromatic amines is 1. The summed E-state index contributed by atoms with van der Waals surface area (Å²) in [6.45, 7) is 10.6. The van der Waals surface area contributed by atoms with Crippen molar-refractivity contribution in [1.82, 2.24) is 9.88 Å². The number of H-pyrrole nitrogens is 1. The molecule has 0 saturated carbocycles. The Balaban J connectivity index is 1.31. The van der Waals surface area contributed by atoms with E-state index in [-0.39, 0.29) is 11.6 Å². The van der Waals surface area contributed by atoms with Crippen molar-refractivity contribution in [3.63, 3.8) is 0 Å². The second-order valence-electron chi connectivity index (χ2n) is 12.0. The monoisotopic (exact) mass is 572 g/mol. The number of aliphatic hydroxyl groups excluding tert-OH is 1. The SMILES string of the molecule is Cc1c(C)c(C)c2c(c1C)CC(N(Cc1ccccc1)C[C@H](O)c1ccc(OCc3ccccc3)c3[nH]c(=O)ccc13)C2. The number of nitrogens with one attached hydrogen (secondary N) is 1. The number of rotatable bonds is 9. The minimum Gasteiger partial charge on any atom is -0.487 e. The van der Waals surface area contributed by atoms with Gasteiger partial charge in [-0.3, -0.25) is 9.69 Å². The number of hydrogen-bond acceptors (Lipinski definition) is 4. The molecule has 0 amide bonds. The van der Waals surface area contributed by atoms with Crippen LogP contribution in [0.1, 0.15) is 56.2 Å². The average Bonchev–Trinajstić information content (AvgIpc) is 3.48. The smallest absolute Gasteiger partial charge is 0.248 e. The fourth-order valence-corrected chi connectivity index (χ4v) is 6.70. The van der Waals surface area contributed by atoms with E-state index in [4.69, 9.17) is 4.74 Å². The van der Waals surface area contributed by atoms with Gasteiger partial charge in [0.15, 0.2) is 0 Å². The van der Waals surface area contributed by atoms with Gasteiger partial charge in [-0.05, 0) is 103 Å². The molecule has 5 nitrogen and oxygen atoms in total. The van der Waals surface area contributed by atoms with Crippen LogP contribution in [0.2, 0.25) is 0 Å². The lowest BCUT2D eigenvalue weighted by atomic mass is 9.90. The van der Waals surface area contributed by atoms with Gasteiger partial charge < -0.3 is 14.8 Å². The molecule has 0 spiro atoms. The number of pyridine rings is 1. The van der Waals surface area contributed by atoms with Gasteiger partial charge in [0, 0.05) is 30.6 Å². The van der Waals surface area contributed by atoms with Crippen molar-refractivity contribution in [3.8, 4) is 5.75 Å². The predicted octanol–water partition coefficient (Wildman–Crippen LogP) is 7.04. The summed E-state index contributed by atoms with van der Waals surface area (Å²) < 4.78 is 6.15. The molecule has 1 heterocycles. The maximum atomic E-state index is 12.4. The fourth-order valence-electron chi connectivity index (χ4n) is 6.70. The summed E-state index contributed by atoms with van der Waals surface area (Å²) in [5.74, 6) is 0.594. The van der Waals surface area contributed by atoms with Crippen LogP contribution in [0.3, 0.4) is 0 Å². The zero-order chi connectivity index (χ0) is 30.1. The first-order valence-electron chi connectivity index (χ1n) is 15.2. The van der Waals surface area contributed by atoms with Crippen LogP contribution >= 0.6 is 0 Å². The molecular weight excluding hydrogens is 532 g/mol. The number of hydrogen-bond donors (Lipinski definition) is 2. The van der Waals surface area contributed by atoms with Gasteiger partial charge in [-0.15, -0.1) is 0 Å². The van der Waals surface area contributed by atoms with Gasteiger partial charge in [-0.25, -0.2) is 0 Å². The first kappa shape index (κ1) is 28.9. The Hall–Kier alpha value is -4.19. The number of benzene rings is 4. The summed E-state index contributed by atoms with van der Waals surface area (Å²) in [5.41, 5.74) is 12.0. The fraction of sp³-hybridized carbons (Fsp3) is 0.289. The largest absolute Gasteiger partial charge is 0.487 e. The maximum Gasteiger partial charge on any atom is 0.248 e. The first-order valence-corrected chi connectivity index (χ1v) is 15.2. The number of aromatic nitrogens is 1. The molecular formula is C38H40N2O3. The highest BCUT2D eigenvalue weighted by molar-refractivity contribution is 5.87. The van der Waals surface area contributed by atoms with E-state index >= 15 is 0 Å². The Labute approximate surface area is 253 Å². The molecule has 1 aromatic heterocycles. The Kier molecular flexibility index (Phi) is 8.20. The normalized spacial score (nSPS) is 13.9. The summed E-state index contributed by atoms with van der Waals surface area (Å²) in [4.78, 5) is 17.8. The molecule has 5 heteroatoms. The summed E-state index contributed by atoms with van der Waals surface area (Å²) in [7, 11) is 0. The third kappa shape index (κ3) is 5.88. The quantitative estimate of drug-likeness (QED) is 0.199. The van der Waals surface area contributed by atoms with Crippen molar-refractivity contribution in [3.05, 3.63) is 145 Å². The van der Waals surface area contributed by atoms with Crippen LogP contribution in [0, 0.1) is 27.7 Å². The van der Waals surface area contributed by atoms with Crippen LogP contribution in [0.5, 0.6) is 5.75 Å². The lowest BCUT2D eigenvalue weighted by Crippen LogP contribution is -2.38. The second-order valence-corrected chi connectivity index (χ2v) is 12.0. The van der Waals surface area contributed by atoms with Crippen molar-refractivity contribution in [2.45, 2.75) is 65.8 Å². The molecule has 0 fully saturated rings. The van der Waals surface area contributed by atoms with Crippen LogP contribution in [0.25, 0.3) is 10.9 Å². The lowest BCUT2D eigenvalue weighted by molar-refractivity contribution is 0.0843. The second kappa shape index (κ2) is 12.2. The zero-order valence-electron chi connectivity index (χ0n) is 25.5. The zero-order valence-corrected chi connectivity index (χ0v) is 25.5. The third-order valence-electron chi connectivity index (χ3n) is 9.48. The first-order chi connectivity index (χ1) is 20.8. The third-order valence-corrected chi connectivity index (χ3v) is 9.48. The van der Waals surface area contributed by atoms with Crippen molar-refractivity contribution in [2.24, 2.45) is 0 Å². The van der Waals surface area contributed by atoms with Gasteiger partial charge >= 0.3 is 0 Å². The van der Waals surface area contributed by atoms with E-state index in [1.54, 1.807) is 6.07 Å². The van der Waals surface area contributed by atoms with Crippen molar-refractivity contribution >= 4 is 10.9 Å². The molecule has 220 valence electrons. The Bertz CT molecular complexity index is 1770. The van der Waals surface area contributed by atoms with Gasteiger partial charge in [0.25, 0.3) is 0 Å². The average molecular weight is 573 g/mol. The lowest BCUT2D eigenvalue weighted by Gasteiger charge is -2.31. The maximum absolute atomic E-state index is 12.4. The van der Waals surface area contributed by atoms with E-state index in [1.807, 2.05) is 48.5 Å². The molecule has 1 atom stereocenters. The van der Waals surface area contributed by atoms with Gasteiger partial charge in [-0.2, -0.15) is 0 Å². The van der Waals surface area contributed by atoms with Crippen LogP contribution in [0.15, 0.2) is 89.7 Å². The van der Waals surface area contributed by atoms with Gasteiger partial charge in [-0.1, -0.05) is 66.7 Å². The molecule has 5 aromatic rings. The molecule has 0 aliphatic heterocycles. The standard InChI is InChI=1S/C38H40N2O3/c1-24-25(2)27(4)34-20-30(19-33(34)26(24)3)40(21-28-11-7-5-8-12-28)22-35(41)31-15-17-36(38-32(31)16-18-37(42)39-38)43-23-29-13-9-6-10-14-29/h5-18,30,35,41H,19-23H2,1-4H3,(H,39,42)/t35-/m0/s1. The summed E-state index contributed by atoms with van der Waals surface area (Å²) in [6.07, 6.45) is 1.20. The summed E-state index contributed by atoms with van der Waals surface area (Å²) in [5, 5.41) is 12.6. The Morgan fingerprint density at radius 2 is 1.40 bits per heavy atom.